The quantitative estimate of drug-likeness (QED) is 0.259. The van der Waals surface area contributed by atoms with E-state index in [1.807, 2.05) is 19.9 Å². The second-order valence-corrected chi connectivity index (χ2v) is 6.79. The molecule has 0 aromatic heterocycles. The summed E-state index contributed by atoms with van der Waals surface area (Å²) in [7, 11) is 0. The Hall–Kier alpha value is -1.92. The van der Waals surface area contributed by atoms with E-state index in [-0.39, 0.29) is 12.0 Å². The average Bonchev–Trinajstić information content (AvgIpc) is 3.40. The zero-order valence-electron chi connectivity index (χ0n) is 13.0. The summed E-state index contributed by atoms with van der Waals surface area (Å²) in [5.41, 5.74) is -0.395. The topological polar surface area (TPSA) is 26.3 Å². The summed E-state index contributed by atoms with van der Waals surface area (Å²) in [6.07, 6.45) is 1.18. The molecule has 0 N–H and O–H groups in total. The normalized spacial score (nSPS) is 25.2. The van der Waals surface area contributed by atoms with E-state index < -0.39 is 52.5 Å². The molecular weight excluding hydrogens is 331 g/mol. The van der Waals surface area contributed by atoms with Crippen molar-refractivity contribution in [3.05, 3.63) is 46.5 Å². The van der Waals surface area contributed by atoms with Crippen LogP contribution in [0.15, 0.2) is 17.7 Å². The van der Waals surface area contributed by atoms with Crippen LogP contribution < -0.4 is 0 Å². The van der Waals surface area contributed by atoms with E-state index in [2.05, 4.69) is 4.74 Å². The number of carbonyl (C=O) groups is 1. The Morgan fingerprint density at radius 3 is 2.42 bits per heavy atom. The van der Waals surface area contributed by atoms with E-state index in [1.165, 1.54) is 5.57 Å². The molecule has 0 heterocycles. The first kappa shape index (κ1) is 16.9. The molecule has 2 aliphatic carbocycles. The maximum absolute atomic E-state index is 14.0. The molecule has 1 aromatic carbocycles. The smallest absolute Gasteiger partial charge is 0.312 e. The Kier molecular flexibility index (Phi) is 3.92. The predicted octanol–water partition coefficient (Wildman–Crippen LogP) is 4.75. The van der Waals surface area contributed by atoms with Crippen molar-refractivity contribution < 1.29 is 31.5 Å². The first-order valence-corrected chi connectivity index (χ1v) is 7.51. The van der Waals surface area contributed by atoms with Crippen LogP contribution in [0.5, 0.6) is 0 Å². The van der Waals surface area contributed by atoms with E-state index >= 15 is 0 Å². The first-order valence-electron chi connectivity index (χ1n) is 7.51. The van der Waals surface area contributed by atoms with Crippen molar-refractivity contribution in [2.45, 2.75) is 33.0 Å². The number of rotatable bonds is 4. The molecule has 24 heavy (non-hydrogen) atoms. The van der Waals surface area contributed by atoms with Gasteiger partial charge in [-0.3, -0.25) is 4.79 Å². The van der Waals surface area contributed by atoms with Gasteiger partial charge < -0.3 is 4.74 Å². The van der Waals surface area contributed by atoms with E-state index in [0.29, 0.717) is 0 Å². The Balaban J connectivity index is 1.75. The van der Waals surface area contributed by atoms with Gasteiger partial charge in [-0.05, 0) is 30.2 Å². The molecule has 0 saturated heterocycles. The summed E-state index contributed by atoms with van der Waals surface area (Å²) >= 11 is 0. The summed E-state index contributed by atoms with van der Waals surface area (Å²) < 4.78 is 71.3. The van der Waals surface area contributed by atoms with Crippen LogP contribution >= 0.6 is 0 Å². The Bertz CT molecular complexity index is 735. The molecule has 1 aromatic rings. The fraction of sp³-hybridized carbons (Fsp3) is 0.471. The van der Waals surface area contributed by atoms with E-state index in [9.17, 15) is 26.7 Å². The number of halogens is 5. The van der Waals surface area contributed by atoms with Gasteiger partial charge in [-0.2, -0.15) is 4.39 Å². The highest BCUT2D eigenvalue weighted by molar-refractivity contribution is 5.78. The van der Waals surface area contributed by atoms with Crippen LogP contribution in [-0.2, 0) is 9.53 Å². The minimum Gasteiger partial charge on any atom is -0.426 e. The maximum Gasteiger partial charge on any atom is 0.312 e. The Labute approximate surface area is 135 Å². The van der Waals surface area contributed by atoms with Gasteiger partial charge in [-0.1, -0.05) is 25.5 Å². The zero-order chi connectivity index (χ0) is 17.8. The molecular formula is C17H15F5O2. The Morgan fingerprint density at radius 1 is 1.21 bits per heavy atom. The minimum absolute atomic E-state index is 0.110. The molecule has 0 aliphatic heterocycles. The van der Waals surface area contributed by atoms with Crippen LogP contribution in [0.1, 0.15) is 38.6 Å². The fourth-order valence-electron chi connectivity index (χ4n) is 2.93. The molecule has 0 bridgehead atoms. The number of benzene rings is 1. The number of ether oxygens (including phenoxy) is 1. The van der Waals surface area contributed by atoms with Gasteiger partial charge in [0.1, 0.15) is 0 Å². The van der Waals surface area contributed by atoms with Gasteiger partial charge in [0.15, 0.2) is 23.3 Å². The molecule has 2 aliphatic rings. The maximum atomic E-state index is 14.0. The van der Waals surface area contributed by atoms with E-state index in [4.69, 9.17) is 0 Å². The van der Waals surface area contributed by atoms with Crippen molar-refractivity contribution in [1.29, 1.82) is 0 Å². The third-order valence-electron chi connectivity index (χ3n) is 4.71. The lowest BCUT2D eigenvalue weighted by molar-refractivity contribution is -0.161. The fourth-order valence-corrected chi connectivity index (χ4v) is 2.93. The van der Waals surface area contributed by atoms with Gasteiger partial charge in [0.25, 0.3) is 6.36 Å². The summed E-state index contributed by atoms with van der Waals surface area (Å²) in [6.45, 7) is 3.63. The third-order valence-corrected chi connectivity index (χ3v) is 4.71. The lowest BCUT2D eigenvalue weighted by Gasteiger charge is -2.12. The highest BCUT2D eigenvalue weighted by Gasteiger charge is 2.62. The monoisotopic (exact) mass is 346 g/mol. The van der Waals surface area contributed by atoms with Crippen molar-refractivity contribution >= 4 is 5.97 Å². The standard InChI is InChI=1S/C17H15F5O2/c1-17(2)9(5-7-3-4-7)11(17)16(23)24-15(22)8-6-10(18)13(20)14(21)12(8)19/h5-6,9,11,15H,3-4H2,1-2H3. The average molecular weight is 346 g/mol. The molecule has 3 rings (SSSR count). The third kappa shape index (κ3) is 2.80. The predicted molar refractivity (Wildman–Crippen MR) is 74.3 cm³/mol. The van der Waals surface area contributed by atoms with Crippen molar-refractivity contribution in [3.8, 4) is 0 Å². The number of hydrogen-bond donors (Lipinski definition) is 0. The van der Waals surface area contributed by atoms with Crippen molar-refractivity contribution in [2.75, 3.05) is 0 Å². The second-order valence-electron chi connectivity index (χ2n) is 6.79. The highest BCUT2D eigenvalue weighted by atomic mass is 19.2. The molecule has 3 unspecified atom stereocenters. The van der Waals surface area contributed by atoms with E-state index in [0.717, 1.165) is 12.8 Å². The van der Waals surface area contributed by atoms with Crippen LogP contribution in [0.2, 0.25) is 0 Å². The summed E-state index contributed by atoms with van der Waals surface area (Å²) in [6, 6.07) is 0.146. The van der Waals surface area contributed by atoms with Crippen LogP contribution in [0.4, 0.5) is 22.0 Å². The van der Waals surface area contributed by atoms with Crippen LogP contribution in [-0.4, -0.2) is 5.97 Å². The van der Waals surface area contributed by atoms with Crippen molar-refractivity contribution in [1.82, 2.24) is 0 Å². The summed E-state index contributed by atoms with van der Waals surface area (Å²) in [5.74, 6) is -9.50. The van der Waals surface area contributed by atoms with Gasteiger partial charge >= 0.3 is 5.97 Å². The number of hydrogen-bond acceptors (Lipinski definition) is 2. The molecule has 2 fully saturated rings. The van der Waals surface area contributed by atoms with Crippen LogP contribution in [0, 0.1) is 40.5 Å². The van der Waals surface area contributed by atoms with Crippen LogP contribution in [0.25, 0.3) is 0 Å². The summed E-state index contributed by atoms with van der Waals surface area (Å²) in [4.78, 5) is 12.1. The highest BCUT2D eigenvalue weighted by Crippen LogP contribution is 2.61. The lowest BCUT2D eigenvalue weighted by atomic mass is 10.1. The molecule has 2 nitrogen and oxygen atoms in total. The largest absolute Gasteiger partial charge is 0.426 e. The molecule has 7 heteroatoms. The number of allylic oxidation sites excluding steroid dienone is 2. The van der Waals surface area contributed by atoms with Crippen molar-refractivity contribution in [3.63, 3.8) is 0 Å². The van der Waals surface area contributed by atoms with E-state index in [1.54, 1.807) is 0 Å². The van der Waals surface area contributed by atoms with Gasteiger partial charge in [0.2, 0.25) is 0 Å². The summed E-state index contributed by atoms with van der Waals surface area (Å²) in [5, 5.41) is 0. The molecule has 0 amide bonds. The van der Waals surface area contributed by atoms with Gasteiger partial charge in [0.05, 0.1) is 11.5 Å². The van der Waals surface area contributed by atoms with Gasteiger partial charge in [-0.15, -0.1) is 0 Å². The lowest BCUT2D eigenvalue weighted by Crippen LogP contribution is -2.15. The molecule has 130 valence electrons. The molecule has 2 saturated carbocycles. The number of carbonyl (C=O) groups excluding carboxylic acids is 1. The zero-order valence-corrected chi connectivity index (χ0v) is 13.0. The first-order chi connectivity index (χ1) is 11.1. The molecule has 3 atom stereocenters. The number of alkyl halides is 1. The number of esters is 1. The van der Waals surface area contributed by atoms with Crippen LogP contribution in [0.3, 0.4) is 0 Å². The van der Waals surface area contributed by atoms with Gasteiger partial charge in [-0.25, -0.2) is 17.6 Å². The Morgan fingerprint density at radius 2 is 1.83 bits per heavy atom. The molecule has 0 radical (unpaired) electrons. The minimum atomic E-state index is -2.72. The SMILES string of the molecule is CC1(C)C(C=C2CC2)C1C(=O)OC(F)c1cc(F)c(F)c(F)c1F. The molecule has 0 spiro atoms. The van der Waals surface area contributed by atoms with Gasteiger partial charge in [0, 0.05) is 0 Å². The second kappa shape index (κ2) is 5.57. The van der Waals surface area contributed by atoms with Crippen molar-refractivity contribution in [2.24, 2.45) is 17.3 Å².